The summed E-state index contributed by atoms with van der Waals surface area (Å²) in [6.07, 6.45) is -0.337. The van der Waals surface area contributed by atoms with Crippen LogP contribution in [0.15, 0.2) is 18.2 Å². The molecule has 2 fully saturated rings. The molecule has 1 aromatic carbocycles. The first-order valence-electron chi connectivity index (χ1n) is 8.19. The van der Waals surface area contributed by atoms with Crippen LogP contribution in [-0.2, 0) is 0 Å². The molecule has 3 rings (SSSR count). The van der Waals surface area contributed by atoms with E-state index in [0.717, 1.165) is 18.2 Å². The topological polar surface area (TPSA) is 26.8 Å². The number of halogens is 4. The lowest BCUT2D eigenvalue weighted by molar-refractivity contribution is -0.00983. The van der Waals surface area contributed by atoms with E-state index in [-0.39, 0.29) is 31.1 Å². The Morgan fingerprint density at radius 1 is 1.32 bits per heavy atom. The number of likely N-dealkylation sites (tertiary alicyclic amines) is 2. The molecule has 1 aromatic rings. The molecular weight excluding hydrogens is 338 g/mol. The maximum Gasteiger partial charge on any atom is 0.262 e. The van der Waals surface area contributed by atoms with Gasteiger partial charge in [-0.2, -0.15) is 0 Å². The molecule has 0 radical (unpaired) electrons. The van der Waals surface area contributed by atoms with Gasteiger partial charge in [0.05, 0.1) is 12.1 Å². The number of benzene rings is 1. The predicted molar refractivity (Wildman–Crippen MR) is 84.7 cm³/mol. The van der Waals surface area contributed by atoms with Crippen molar-refractivity contribution in [2.45, 2.75) is 24.4 Å². The van der Waals surface area contributed by atoms with Crippen molar-refractivity contribution >= 4 is 5.91 Å². The second-order valence-electron chi connectivity index (χ2n) is 7.07. The van der Waals surface area contributed by atoms with Crippen LogP contribution in [0.3, 0.4) is 0 Å². The normalized spacial score (nSPS) is 24.3. The summed E-state index contributed by atoms with van der Waals surface area (Å²) in [6, 6.07) is 2.18. The van der Waals surface area contributed by atoms with E-state index in [1.165, 1.54) is 11.9 Å². The number of amides is 1. The number of rotatable bonds is 4. The molecule has 0 N–H and O–H groups in total. The van der Waals surface area contributed by atoms with E-state index in [0.29, 0.717) is 13.1 Å². The van der Waals surface area contributed by atoms with Gasteiger partial charge in [-0.25, -0.2) is 17.6 Å². The van der Waals surface area contributed by atoms with Gasteiger partial charge < -0.3 is 9.80 Å². The Hall–Kier alpha value is -1.67. The van der Waals surface area contributed by atoms with Crippen LogP contribution >= 0.6 is 0 Å². The van der Waals surface area contributed by atoms with Gasteiger partial charge in [-0.05, 0) is 25.2 Å². The zero-order chi connectivity index (χ0) is 18.4. The Balaban J connectivity index is 1.71. The number of hydrogen-bond donors (Lipinski definition) is 0. The number of carbonyl (C=O) groups excluding carboxylic acids is 1. The van der Waals surface area contributed by atoms with E-state index in [4.69, 9.17) is 0 Å². The highest BCUT2D eigenvalue weighted by Crippen LogP contribution is 2.35. The van der Waals surface area contributed by atoms with Gasteiger partial charge in [-0.3, -0.25) is 9.69 Å². The quantitative estimate of drug-likeness (QED) is 0.770. The predicted octanol–water partition coefficient (Wildman–Crippen LogP) is 2.06. The maximum atomic E-state index is 13.9. The fourth-order valence-electron chi connectivity index (χ4n) is 3.66. The van der Waals surface area contributed by atoms with Gasteiger partial charge in [0, 0.05) is 45.2 Å². The Morgan fingerprint density at radius 2 is 2.00 bits per heavy atom. The summed E-state index contributed by atoms with van der Waals surface area (Å²) < 4.78 is 54.8. The van der Waals surface area contributed by atoms with Crippen LogP contribution in [0.1, 0.15) is 16.8 Å². The third kappa shape index (κ3) is 3.79. The minimum Gasteiger partial charge on any atom is -0.340 e. The molecule has 4 nitrogen and oxygen atoms in total. The molecule has 138 valence electrons. The fraction of sp³-hybridized carbons (Fsp3) is 0.588. The Morgan fingerprint density at radius 3 is 2.64 bits per heavy atom. The summed E-state index contributed by atoms with van der Waals surface area (Å²) in [7, 11) is 3.34. The van der Waals surface area contributed by atoms with Crippen LogP contribution in [0.25, 0.3) is 0 Å². The number of likely N-dealkylation sites (N-methyl/N-ethyl adjacent to an activating group) is 2. The monoisotopic (exact) mass is 359 g/mol. The Labute approximate surface area is 144 Å². The molecule has 2 aliphatic rings. The van der Waals surface area contributed by atoms with Crippen molar-refractivity contribution in [3.05, 3.63) is 35.4 Å². The van der Waals surface area contributed by atoms with Crippen molar-refractivity contribution in [3.63, 3.8) is 0 Å². The van der Waals surface area contributed by atoms with Crippen molar-refractivity contribution in [1.82, 2.24) is 14.7 Å². The molecule has 1 amide bonds. The van der Waals surface area contributed by atoms with E-state index in [1.807, 2.05) is 11.9 Å². The lowest BCUT2D eigenvalue weighted by Crippen LogP contribution is -2.60. The van der Waals surface area contributed by atoms with Crippen LogP contribution in [-0.4, -0.2) is 78.9 Å². The van der Waals surface area contributed by atoms with Crippen molar-refractivity contribution in [3.8, 4) is 0 Å². The zero-order valence-electron chi connectivity index (χ0n) is 14.2. The second kappa shape index (κ2) is 6.57. The molecular formula is C17H21F4N3O. The average molecular weight is 359 g/mol. The van der Waals surface area contributed by atoms with Gasteiger partial charge in [0.1, 0.15) is 11.6 Å². The van der Waals surface area contributed by atoms with Crippen LogP contribution in [0, 0.1) is 11.6 Å². The number of alkyl halides is 2. The number of carbonyl (C=O) groups is 1. The van der Waals surface area contributed by atoms with Crippen molar-refractivity contribution in [2.75, 3.05) is 40.3 Å². The highest BCUT2D eigenvalue weighted by atomic mass is 19.3. The largest absolute Gasteiger partial charge is 0.340 e. The minimum absolute atomic E-state index is 0.0396. The highest BCUT2D eigenvalue weighted by Gasteiger charge is 2.49. The minimum atomic E-state index is -2.80. The van der Waals surface area contributed by atoms with Gasteiger partial charge in [0.25, 0.3) is 11.8 Å². The summed E-state index contributed by atoms with van der Waals surface area (Å²) in [5, 5.41) is 0. The molecule has 25 heavy (non-hydrogen) atoms. The van der Waals surface area contributed by atoms with Crippen molar-refractivity contribution in [1.29, 1.82) is 0 Å². The van der Waals surface area contributed by atoms with Gasteiger partial charge in [0.15, 0.2) is 0 Å². The van der Waals surface area contributed by atoms with Crippen LogP contribution in [0.2, 0.25) is 0 Å². The molecule has 2 aliphatic heterocycles. The smallest absolute Gasteiger partial charge is 0.262 e. The summed E-state index contributed by atoms with van der Waals surface area (Å²) in [4.78, 5) is 17.4. The number of nitrogens with zero attached hydrogens (tertiary/aromatic N) is 3. The standard InChI is InChI=1S/C17H21F4N3O/c1-22-7-13(8-22)24-10-17(20,21)6-12(24)9-23(2)16(25)14-5-11(18)3-4-15(14)19/h3-5,12-13H,6-10H2,1-2H3/t12-/m0/s1. The van der Waals surface area contributed by atoms with Crippen LogP contribution in [0.5, 0.6) is 0 Å². The summed E-state index contributed by atoms with van der Waals surface area (Å²) in [5.74, 6) is -5.05. The first-order valence-corrected chi connectivity index (χ1v) is 8.19. The van der Waals surface area contributed by atoms with Gasteiger partial charge in [-0.15, -0.1) is 0 Å². The summed E-state index contributed by atoms with van der Waals surface area (Å²) in [5.41, 5.74) is -0.387. The SMILES string of the molecule is CN1CC(N2CC(F)(F)C[C@H]2CN(C)C(=O)c2cc(F)ccc2F)C1. The Kier molecular flexibility index (Phi) is 4.76. The van der Waals surface area contributed by atoms with E-state index in [2.05, 4.69) is 0 Å². The first-order chi connectivity index (χ1) is 11.7. The third-order valence-electron chi connectivity index (χ3n) is 4.92. The summed E-state index contributed by atoms with van der Waals surface area (Å²) in [6.45, 7) is 1.14. The lowest BCUT2D eigenvalue weighted by atomic mass is 10.1. The lowest BCUT2D eigenvalue weighted by Gasteiger charge is -2.44. The van der Waals surface area contributed by atoms with E-state index < -0.39 is 29.5 Å². The molecule has 2 saturated heterocycles. The first kappa shape index (κ1) is 18.1. The van der Waals surface area contributed by atoms with Gasteiger partial charge in [0.2, 0.25) is 0 Å². The van der Waals surface area contributed by atoms with Crippen molar-refractivity contribution < 1.29 is 22.4 Å². The molecule has 8 heteroatoms. The van der Waals surface area contributed by atoms with Crippen molar-refractivity contribution in [2.24, 2.45) is 0 Å². The van der Waals surface area contributed by atoms with Crippen LogP contribution < -0.4 is 0 Å². The average Bonchev–Trinajstić information content (AvgIpc) is 2.80. The molecule has 0 aliphatic carbocycles. The second-order valence-corrected chi connectivity index (χ2v) is 7.07. The number of hydrogen-bond acceptors (Lipinski definition) is 3. The highest BCUT2D eigenvalue weighted by molar-refractivity contribution is 5.94. The van der Waals surface area contributed by atoms with E-state index in [1.54, 1.807) is 4.90 Å². The molecule has 2 heterocycles. The molecule has 0 spiro atoms. The molecule has 0 unspecified atom stereocenters. The maximum absolute atomic E-state index is 13.9. The molecule has 1 atom stereocenters. The van der Waals surface area contributed by atoms with Crippen LogP contribution in [0.4, 0.5) is 17.6 Å². The van der Waals surface area contributed by atoms with Gasteiger partial charge in [-0.1, -0.05) is 0 Å². The molecule has 0 bridgehead atoms. The van der Waals surface area contributed by atoms with E-state index in [9.17, 15) is 22.4 Å². The third-order valence-corrected chi connectivity index (χ3v) is 4.92. The fourth-order valence-corrected chi connectivity index (χ4v) is 3.66. The zero-order valence-corrected chi connectivity index (χ0v) is 14.2. The van der Waals surface area contributed by atoms with E-state index >= 15 is 0 Å². The Bertz CT molecular complexity index is 663. The summed E-state index contributed by atoms with van der Waals surface area (Å²) >= 11 is 0. The van der Waals surface area contributed by atoms with Gasteiger partial charge >= 0.3 is 0 Å². The molecule has 0 saturated carbocycles. The molecule has 0 aromatic heterocycles.